The number of carbonyl (C=O) groups excluding carboxylic acids is 1. The van der Waals surface area contributed by atoms with Gasteiger partial charge in [-0.1, -0.05) is 20.8 Å². The number of nitrogens with one attached hydrogen (secondary N) is 2. The van der Waals surface area contributed by atoms with Crippen LogP contribution in [-0.4, -0.2) is 40.9 Å². The fourth-order valence-corrected chi connectivity index (χ4v) is 2.36. The molecule has 0 aromatic carbocycles. The van der Waals surface area contributed by atoms with E-state index in [4.69, 9.17) is 4.74 Å². The lowest BCUT2D eigenvalue weighted by Crippen LogP contribution is -2.51. The van der Waals surface area contributed by atoms with Gasteiger partial charge >= 0.3 is 6.03 Å². The summed E-state index contributed by atoms with van der Waals surface area (Å²) in [6.45, 7) is 8.45. The van der Waals surface area contributed by atoms with Crippen molar-refractivity contribution in [3.8, 4) is 0 Å². The molecular weight excluding hydrogens is 268 g/mol. The first kappa shape index (κ1) is 15.8. The van der Waals surface area contributed by atoms with Gasteiger partial charge in [-0.05, 0) is 18.3 Å². The molecule has 0 aliphatic carbocycles. The number of rotatable bonds is 5. The topological polar surface area (TPSA) is 68.2 Å². The maximum Gasteiger partial charge on any atom is 0.315 e. The van der Waals surface area contributed by atoms with Crippen LogP contribution in [0.15, 0.2) is 18.7 Å². The Morgan fingerprint density at radius 1 is 1.52 bits per heavy atom. The Bertz CT molecular complexity index is 433. The van der Waals surface area contributed by atoms with Gasteiger partial charge in [-0.3, -0.25) is 0 Å². The van der Waals surface area contributed by atoms with Gasteiger partial charge in [-0.25, -0.2) is 9.78 Å². The van der Waals surface area contributed by atoms with Crippen LogP contribution in [0.4, 0.5) is 4.79 Å². The number of hydrogen-bond acceptors (Lipinski definition) is 3. The number of ether oxygens (including phenoxy) is 1. The van der Waals surface area contributed by atoms with E-state index in [1.165, 1.54) is 0 Å². The van der Waals surface area contributed by atoms with Gasteiger partial charge in [0.05, 0.1) is 18.5 Å². The Morgan fingerprint density at radius 3 is 2.90 bits per heavy atom. The number of nitrogens with zero attached hydrogens (tertiary/aromatic N) is 2. The third kappa shape index (κ3) is 5.04. The maximum absolute atomic E-state index is 12.1. The highest BCUT2D eigenvalue weighted by Crippen LogP contribution is 2.20. The normalized spacial score (nSPS) is 20.2. The van der Waals surface area contributed by atoms with Gasteiger partial charge in [0.2, 0.25) is 0 Å². The molecule has 1 fully saturated rings. The fraction of sp³-hybridized carbons (Fsp3) is 0.733. The van der Waals surface area contributed by atoms with Crippen molar-refractivity contribution in [3.63, 3.8) is 0 Å². The summed E-state index contributed by atoms with van der Waals surface area (Å²) in [6, 6.07) is -0.110. The molecule has 2 atom stereocenters. The standard InChI is InChI=1S/C15H26N4O2/c1-15(2,3)13(10-19-7-6-16-11-19)18-14(20)17-9-12-5-4-8-21-12/h6-7,11-13H,4-5,8-10H2,1-3H3,(H2,17,18,20). The molecule has 0 radical (unpaired) electrons. The molecule has 1 aromatic rings. The van der Waals surface area contributed by atoms with Crippen LogP contribution in [-0.2, 0) is 11.3 Å². The summed E-state index contributed by atoms with van der Waals surface area (Å²) in [7, 11) is 0. The van der Waals surface area contributed by atoms with Gasteiger partial charge in [0, 0.05) is 32.1 Å². The Balaban J connectivity index is 1.84. The predicted molar refractivity (Wildman–Crippen MR) is 81.0 cm³/mol. The number of carbonyl (C=O) groups is 1. The highest BCUT2D eigenvalue weighted by atomic mass is 16.5. The number of urea groups is 1. The predicted octanol–water partition coefficient (Wildman–Crippen LogP) is 1.78. The van der Waals surface area contributed by atoms with Crippen molar-refractivity contribution in [2.75, 3.05) is 13.2 Å². The van der Waals surface area contributed by atoms with Crippen LogP contribution >= 0.6 is 0 Å². The van der Waals surface area contributed by atoms with Crippen LogP contribution in [0.25, 0.3) is 0 Å². The zero-order valence-corrected chi connectivity index (χ0v) is 13.1. The first-order valence-corrected chi connectivity index (χ1v) is 7.57. The van der Waals surface area contributed by atoms with Crippen molar-refractivity contribution in [2.45, 2.75) is 52.3 Å². The number of hydrogen-bond donors (Lipinski definition) is 2. The molecule has 1 saturated heterocycles. The highest BCUT2D eigenvalue weighted by molar-refractivity contribution is 5.74. The van der Waals surface area contributed by atoms with Crippen LogP contribution in [0, 0.1) is 5.41 Å². The molecule has 6 heteroatoms. The molecule has 2 N–H and O–H groups in total. The number of imidazole rings is 1. The molecule has 0 spiro atoms. The molecule has 1 aliphatic rings. The van der Waals surface area contributed by atoms with E-state index in [0.29, 0.717) is 13.1 Å². The van der Waals surface area contributed by atoms with Crippen molar-refractivity contribution < 1.29 is 9.53 Å². The molecule has 2 unspecified atom stereocenters. The lowest BCUT2D eigenvalue weighted by atomic mass is 9.86. The van der Waals surface area contributed by atoms with Crippen molar-refractivity contribution >= 4 is 6.03 Å². The van der Waals surface area contributed by atoms with Crippen molar-refractivity contribution in [3.05, 3.63) is 18.7 Å². The monoisotopic (exact) mass is 294 g/mol. The lowest BCUT2D eigenvalue weighted by molar-refractivity contribution is 0.110. The second-order valence-electron chi connectivity index (χ2n) is 6.67. The zero-order chi connectivity index (χ0) is 15.3. The summed E-state index contributed by atoms with van der Waals surface area (Å²) in [4.78, 5) is 16.1. The van der Waals surface area contributed by atoms with Gasteiger partial charge < -0.3 is 19.9 Å². The second-order valence-corrected chi connectivity index (χ2v) is 6.67. The summed E-state index contributed by atoms with van der Waals surface area (Å²) >= 11 is 0. The smallest absolute Gasteiger partial charge is 0.315 e. The van der Waals surface area contributed by atoms with Gasteiger partial charge in [-0.15, -0.1) is 0 Å². The van der Waals surface area contributed by atoms with E-state index in [1.54, 1.807) is 12.5 Å². The molecule has 21 heavy (non-hydrogen) atoms. The minimum Gasteiger partial charge on any atom is -0.376 e. The minimum atomic E-state index is -0.134. The van der Waals surface area contributed by atoms with Crippen LogP contribution in [0.5, 0.6) is 0 Å². The third-order valence-electron chi connectivity index (χ3n) is 3.82. The van der Waals surface area contributed by atoms with E-state index in [-0.39, 0.29) is 23.6 Å². The summed E-state index contributed by atoms with van der Waals surface area (Å²) in [5, 5.41) is 5.97. The van der Waals surface area contributed by atoms with E-state index < -0.39 is 0 Å². The summed E-state index contributed by atoms with van der Waals surface area (Å²) < 4.78 is 7.49. The Labute approximate surface area is 126 Å². The van der Waals surface area contributed by atoms with E-state index >= 15 is 0 Å². The number of amides is 2. The Kier molecular flexibility index (Phi) is 5.22. The fourth-order valence-electron chi connectivity index (χ4n) is 2.36. The van der Waals surface area contributed by atoms with E-state index in [2.05, 4.69) is 36.4 Å². The molecule has 0 bridgehead atoms. The van der Waals surface area contributed by atoms with Crippen molar-refractivity contribution in [2.24, 2.45) is 5.41 Å². The van der Waals surface area contributed by atoms with Gasteiger partial charge in [0.1, 0.15) is 0 Å². The first-order chi connectivity index (χ1) is 9.95. The zero-order valence-electron chi connectivity index (χ0n) is 13.1. The van der Waals surface area contributed by atoms with Crippen LogP contribution < -0.4 is 10.6 Å². The van der Waals surface area contributed by atoms with Crippen LogP contribution in [0.3, 0.4) is 0 Å². The van der Waals surface area contributed by atoms with E-state index in [0.717, 1.165) is 19.4 Å². The first-order valence-electron chi connectivity index (χ1n) is 7.57. The lowest BCUT2D eigenvalue weighted by Gasteiger charge is -2.32. The van der Waals surface area contributed by atoms with Crippen LogP contribution in [0.1, 0.15) is 33.6 Å². The van der Waals surface area contributed by atoms with Crippen molar-refractivity contribution in [1.29, 1.82) is 0 Å². The van der Waals surface area contributed by atoms with E-state index in [1.807, 2.05) is 10.8 Å². The summed E-state index contributed by atoms with van der Waals surface area (Å²) in [6.07, 6.45) is 7.70. The second kappa shape index (κ2) is 6.93. The molecule has 6 nitrogen and oxygen atoms in total. The average molecular weight is 294 g/mol. The SMILES string of the molecule is CC(C)(C)C(Cn1ccnc1)NC(=O)NCC1CCCO1. The van der Waals surface area contributed by atoms with Crippen molar-refractivity contribution in [1.82, 2.24) is 20.2 Å². The quantitative estimate of drug-likeness (QED) is 0.869. The Morgan fingerprint density at radius 2 is 2.33 bits per heavy atom. The molecule has 2 rings (SSSR count). The maximum atomic E-state index is 12.1. The average Bonchev–Trinajstić information content (AvgIpc) is 3.07. The van der Waals surface area contributed by atoms with Crippen LogP contribution in [0.2, 0.25) is 0 Å². The van der Waals surface area contributed by atoms with Gasteiger partial charge in [0.15, 0.2) is 0 Å². The summed E-state index contributed by atoms with van der Waals surface area (Å²) in [5.74, 6) is 0. The molecular formula is C15H26N4O2. The van der Waals surface area contributed by atoms with E-state index in [9.17, 15) is 4.79 Å². The minimum absolute atomic E-state index is 0.0243. The summed E-state index contributed by atoms with van der Waals surface area (Å²) in [5.41, 5.74) is -0.0362. The molecule has 0 saturated carbocycles. The molecule has 2 amide bonds. The molecule has 2 heterocycles. The third-order valence-corrected chi connectivity index (χ3v) is 3.82. The van der Waals surface area contributed by atoms with Gasteiger partial charge in [0.25, 0.3) is 0 Å². The van der Waals surface area contributed by atoms with Gasteiger partial charge in [-0.2, -0.15) is 0 Å². The largest absolute Gasteiger partial charge is 0.376 e. The number of aromatic nitrogens is 2. The Hall–Kier alpha value is -1.56. The molecule has 1 aromatic heterocycles. The molecule has 1 aliphatic heterocycles. The molecule has 118 valence electrons. The highest BCUT2D eigenvalue weighted by Gasteiger charge is 2.27.